The van der Waals surface area contributed by atoms with E-state index in [0.29, 0.717) is 18.2 Å². The highest BCUT2D eigenvalue weighted by molar-refractivity contribution is 7.00. The molecular formula is C18H20N4O2S. The molecule has 0 bridgehead atoms. The molecule has 4 rings (SSSR count). The first-order valence-corrected chi connectivity index (χ1v) is 9.26. The maximum Gasteiger partial charge on any atom is 0.286 e. The topological polar surface area (TPSA) is 71.3 Å². The van der Waals surface area contributed by atoms with Gasteiger partial charge in [0.2, 0.25) is 0 Å². The lowest BCUT2D eigenvalue weighted by Gasteiger charge is -2.32. The Morgan fingerprint density at radius 2 is 2.24 bits per heavy atom. The van der Waals surface area contributed by atoms with Crippen LogP contribution in [0.1, 0.15) is 29.0 Å². The zero-order chi connectivity index (χ0) is 17.1. The number of hydrogen-bond acceptors (Lipinski definition) is 6. The van der Waals surface area contributed by atoms with Crippen LogP contribution >= 0.6 is 11.7 Å². The van der Waals surface area contributed by atoms with Crippen LogP contribution in [0.4, 0.5) is 0 Å². The molecule has 1 amide bonds. The molecule has 0 saturated carbocycles. The van der Waals surface area contributed by atoms with Gasteiger partial charge in [-0.3, -0.25) is 9.69 Å². The number of rotatable bonds is 5. The summed E-state index contributed by atoms with van der Waals surface area (Å²) in [6.07, 6.45) is 3.82. The van der Waals surface area contributed by atoms with Crippen molar-refractivity contribution in [1.29, 1.82) is 0 Å². The van der Waals surface area contributed by atoms with Crippen molar-refractivity contribution in [1.82, 2.24) is 19.0 Å². The maximum atomic E-state index is 12.0. The molecule has 3 heterocycles. The van der Waals surface area contributed by atoms with Gasteiger partial charge >= 0.3 is 0 Å². The fourth-order valence-electron chi connectivity index (χ4n) is 3.38. The Bertz CT molecular complexity index is 846. The Morgan fingerprint density at radius 3 is 3.12 bits per heavy atom. The number of piperidine rings is 1. The summed E-state index contributed by atoms with van der Waals surface area (Å²) in [7, 11) is 0. The van der Waals surface area contributed by atoms with Crippen LogP contribution in [0.25, 0.3) is 11.0 Å². The smallest absolute Gasteiger partial charge is 0.286 e. The van der Waals surface area contributed by atoms with Gasteiger partial charge < -0.3 is 9.73 Å². The monoisotopic (exact) mass is 356 g/mol. The normalized spacial score (nSPS) is 18.5. The molecule has 130 valence electrons. The van der Waals surface area contributed by atoms with Crippen molar-refractivity contribution < 1.29 is 9.21 Å². The number of nitrogens with one attached hydrogen (secondary N) is 1. The molecule has 0 spiro atoms. The van der Waals surface area contributed by atoms with Crippen LogP contribution in [0, 0.1) is 5.92 Å². The SMILES string of the molecule is O=C(NC[C@@H]1CCCN(Cc2ccc3nsnc3c2)C1)c1ccco1. The molecule has 0 radical (unpaired) electrons. The first-order valence-electron chi connectivity index (χ1n) is 8.53. The number of carbonyl (C=O) groups excluding carboxylic acids is 1. The molecule has 2 aromatic heterocycles. The van der Waals surface area contributed by atoms with E-state index in [2.05, 4.69) is 31.1 Å². The van der Waals surface area contributed by atoms with E-state index < -0.39 is 0 Å². The van der Waals surface area contributed by atoms with E-state index in [1.165, 1.54) is 23.6 Å². The van der Waals surface area contributed by atoms with Crippen molar-refractivity contribution in [2.24, 2.45) is 5.92 Å². The number of nitrogens with zero attached hydrogens (tertiary/aromatic N) is 3. The quantitative estimate of drug-likeness (QED) is 0.761. The lowest BCUT2D eigenvalue weighted by atomic mass is 9.97. The summed E-state index contributed by atoms with van der Waals surface area (Å²) in [6, 6.07) is 9.71. The van der Waals surface area contributed by atoms with Gasteiger partial charge in [-0.25, -0.2) is 0 Å². The number of aromatic nitrogens is 2. The van der Waals surface area contributed by atoms with Crippen LogP contribution in [0.15, 0.2) is 41.0 Å². The predicted molar refractivity (Wildman–Crippen MR) is 96.5 cm³/mol. The molecule has 6 nitrogen and oxygen atoms in total. The Labute approximate surface area is 150 Å². The highest BCUT2D eigenvalue weighted by Crippen LogP contribution is 2.20. The minimum atomic E-state index is -0.136. The van der Waals surface area contributed by atoms with Crippen LogP contribution in [-0.2, 0) is 6.54 Å². The molecule has 0 unspecified atom stereocenters. The Hall–Kier alpha value is -2.25. The van der Waals surface area contributed by atoms with Crippen molar-refractivity contribution in [3.8, 4) is 0 Å². The minimum Gasteiger partial charge on any atom is -0.459 e. The molecule has 1 aliphatic heterocycles. The summed E-state index contributed by atoms with van der Waals surface area (Å²) in [6.45, 7) is 3.68. The number of fused-ring (bicyclic) bond motifs is 1. The first kappa shape index (κ1) is 16.2. The van der Waals surface area contributed by atoms with Gasteiger partial charge in [-0.1, -0.05) is 6.07 Å². The highest BCUT2D eigenvalue weighted by Gasteiger charge is 2.21. The number of benzene rings is 1. The fraction of sp³-hybridized carbons (Fsp3) is 0.389. The van der Waals surface area contributed by atoms with Crippen molar-refractivity contribution >= 4 is 28.7 Å². The Morgan fingerprint density at radius 1 is 1.32 bits per heavy atom. The minimum absolute atomic E-state index is 0.136. The van der Waals surface area contributed by atoms with E-state index in [0.717, 1.165) is 43.5 Å². The molecule has 1 fully saturated rings. The molecule has 1 atom stereocenters. The number of likely N-dealkylation sites (tertiary alicyclic amines) is 1. The largest absolute Gasteiger partial charge is 0.459 e. The van der Waals surface area contributed by atoms with E-state index in [9.17, 15) is 4.79 Å². The first-order chi connectivity index (χ1) is 12.3. The maximum absolute atomic E-state index is 12.0. The van der Waals surface area contributed by atoms with Gasteiger partial charge in [0.05, 0.1) is 18.0 Å². The van der Waals surface area contributed by atoms with Crippen LogP contribution < -0.4 is 5.32 Å². The van der Waals surface area contributed by atoms with Gasteiger partial charge in [-0.05, 0) is 55.1 Å². The van der Waals surface area contributed by atoms with E-state index in [4.69, 9.17) is 4.42 Å². The third-order valence-corrected chi connectivity index (χ3v) is 5.18. The third-order valence-electron chi connectivity index (χ3n) is 4.62. The predicted octanol–water partition coefficient (Wildman–Crippen LogP) is 2.93. The Kier molecular flexibility index (Phi) is 4.76. The highest BCUT2D eigenvalue weighted by atomic mass is 32.1. The zero-order valence-electron chi connectivity index (χ0n) is 13.9. The lowest BCUT2D eigenvalue weighted by molar-refractivity contribution is 0.0903. The molecule has 0 aliphatic carbocycles. The van der Waals surface area contributed by atoms with E-state index >= 15 is 0 Å². The van der Waals surface area contributed by atoms with Gasteiger partial charge in [-0.15, -0.1) is 0 Å². The van der Waals surface area contributed by atoms with Crippen molar-refractivity contribution in [3.63, 3.8) is 0 Å². The molecule has 1 saturated heterocycles. The molecule has 1 aliphatic rings. The number of hydrogen-bond donors (Lipinski definition) is 1. The number of furan rings is 1. The van der Waals surface area contributed by atoms with Crippen LogP contribution in [0.2, 0.25) is 0 Å². The molecule has 7 heteroatoms. The lowest BCUT2D eigenvalue weighted by Crippen LogP contribution is -2.40. The number of carbonyl (C=O) groups is 1. The van der Waals surface area contributed by atoms with Crippen LogP contribution in [0.3, 0.4) is 0 Å². The molecule has 1 N–H and O–H groups in total. The second kappa shape index (κ2) is 7.33. The van der Waals surface area contributed by atoms with Crippen LogP contribution in [-0.4, -0.2) is 39.2 Å². The third kappa shape index (κ3) is 3.88. The van der Waals surface area contributed by atoms with Crippen molar-refractivity contribution in [2.45, 2.75) is 19.4 Å². The van der Waals surface area contributed by atoms with Gasteiger partial charge in [0, 0.05) is 19.6 Å². The van der Waals surface area contributed by atoms with Gasteiger partial charge in [0.25, 0.3) is 5.91 Å². The summed E-state index contributed by atoms with van der Waals surface area (Å²) < 4.78 is 13.7. The summed E-state index contributed by atoms with van der Waals surface area (Å²) in [4.78, 5) is 14.4. The second-order valence-electron chi connectivity index (χ2n) is 6.52. The number of amides is 1. The summed E-state index contributed by atoms with van der Waals surface area (Å²) >= 11 is 1.25. The van der Waals surface area contributed by atoms with E-state index in [1.807, 2.05) is 6.07 Å². The van der Waals surface area contributed by atoms with Crippen molar-refractivity contribution in [3.05, 3.63) is 47.9 Å². The van der Waals surface area contributed by atoms with Crippen LogP contribution in [0.5, 0.6) is 0 Å². The van der Waals surface area contributed by atoms with E-state index in [1.54, 1.807) is 12.1 Å². The average molecular weight is 356 g/mol. The summed E-state index contributed by atoms with van der Waals surface area (Å²) in [5.41, 5.74) is 3.20. The fourth-order valence-corrected chi connectivity index (χ4v) is 3.90. The van der Waals surface area contributed by atoms with E-state index in [-0.39, 0.29) is 5.91 Å². The van der Waals surface area contributed by atoms with Gasteiger partial charge in [0.1, 0.15) is 11.0 Å². The molecule has 25 heavy (non-hydrogen) atoms. The Balaban J connectivity index is 1.32. The summed E-state index contributed by atoms with van der Waals surface area (Å²) in [5, 5.41) is 2.98. The van der Waals surface area contributed by atoms with Gasteiger partial charge in [-0.2, -0.15) is 8.75 Å². The molecular weight excluding hydrogens is 336 g/mol. The molecule has 1 aromatic carbocycles. The van der Waals surface area contributed by atoms with Crippen molar-refractivity contribution in [2.75, 3.05) is 19.6 Å². The second-order valence-corrected chi connectivity index (χ2v) is 7.05. The average Bonchev–Trinajstić information content (AvgIpc) is 3.31. The van der Waals surface area contributed by atoms with Gasteiger partial charge in [0.15, 0.2) is 5.76 Å². The summed E-state index contributed by atoms with van der Waals surface area (Å²) in [5.74, 6) is 0.707. The molecule has 3 aromatic rings. The standard InChI is InChI=1S/C18H20N4O2S/c23-18(17-4-2-8-24-17)19-10-14-3-1-7-22(12-14)11-13-5-6-15-16(9-13)21-25-20-15/h2,4-6,8-9,14H,1,3,7,10-12H2,(H,19,23)/t14-/m0/s1. The zero-order valence-corrected chi connectivity index (χ0v) is 14.7.